The molecule has 0 heterocycles. The van der Waals surface area contributed by atoms with E-state index < -0.39 is 8.32 Å². The van der Waals surface area contributed by atoms with Crippen LogP contribution in [0.5, 0.6) is 5.75 Å². The summed E-state index contributed by atoms with van der Waals surface area (Å²) in [7, 11) is -1.45. The zero-order valence-corrected chi connectivity index (χ0v) is 12.7. The first-order valence-corrected chi connectivity index (χ1v) is 9.68. The summed E-state index contributed by atoms with van der Waals surface area (Å²) in [6, 6.07) is 9.15. The molecule has 0 bridgehead atoms. The van der Waals surface area contributed by atoms with E-state index >= 15 is 0 Å². The molecule has 0 aliphatic heterocycles. The van der Waals surface area contributed by atoms with Crippen molar-refractivity contribution in [3.63, 3.8) is 0 Å². The third-order valence-corrected chi connectivity index (χ3v) is 5.47. The van der Waals surface area contributed by atoms with Crippen LogP contribution in [0.25, 0.3) is 6.08 Å². The lowest BCUT2D eigenvalue weighted by Crippen LogP contribution is -2.30. The van der Waals surface area contributed by atoms with Gasteiger partial charge in [-0.05, 0) is 50.2 Å². The summed E-state index contributed by atoms with van der Waals surface area (Å²) in [5.74, 6) is 0.927. The smallest absolute Gasteiger partial charge is 0.186 e. The fourth-order valence-electron chi connectivity index (χ4n) is 1.85. The van der Waals surface area contributed by atoms with Crippen LogP contribution < -0.4 is 4.74 Å². The first-order valence-electron chi connectivity index (χ1n) is 6.56. The van der Waals surface area contributed by atoms with Gasteiger partial charge in [0.2, 0.25) is 0 Å². The monoisotopic (exact) mass is 264 g/mol. The summed E-state index contributed by atoms with van der Waals surface area (Å²) in [4.78, 5) is 0. The molecule has 100 valence electrons. The molecular weight excluding hydrogens is 240 g/mol. The summed E-state index contributed by atoms with van der Waals surface area (Å²) in [5.41, 5.74) is 1.12. The molecule has 0 N–H and O–H groups in total. The second-order valence-electron chi connectivity index (χ2n) is 4.92. The lowest BCUT2D eigenvalue weighted by Gasteiger charge is -2.21. The van der Waals surface area contributed by atoms with E-state index in [1.165, 1.54) is 0 Å². The van der Waals surface area contributed by atoms with Gasteiger partial charge >= 0.3 is 0 Å². The highest BCUT2D eigenvalue weighted by Crippen LogP contribution is 2.16. The van der Waals surface area contributed by atoms with E-state index in [2.05, 4.69) is 26.6 Å². The van der Waals surface area contributed by atoms with Crippen LogP contribution in [0.15, 0.2) is 30.8 Å². The molecule has 1 aromatic rings. The van der Waals surface area contributed by atoms with E-state index in [0.717, 1.165) is 37.0 Å². The first kappa shape index (κ1) is 15.0. The molecule has 1 aromatic carbocycles. The van der Waals surface area contributed by atoms with Crippen molar-refractivity contribution in [3.8, 4) is 5.75 Å². The van der Waals surface area contributed by atoms with Crippen molar-refractivity contribution in [2.45, 2.75) is 32.5 Å². The average Bonchev–Trinajstić information content (AvgIpc) is 2.35. The van der Waals surface area contributed by atoms with Gasteiger partial charge in [-0.15, -0.1) is 0 Å². The Morgan fingerprint density at radius 1 is 1.22 bits per heavy atom. The van der Waals surface area contributed by atoms with E-state index in [9.17, 15) is 0 Å². The standard InChI is InChI=1S/C15H24O2Si/c1-5-14-8-10-15(11-9-14)16-12-7-13-18(3,4)17-6-2/h5,8-11H,1,6-7,12-13H2,2-4H3. The summed E-state index contributed by atoms with van der Waals surface area (Å²) in [6.45, 7) is 11.9. The van der Waals surface area contributed by atoms with Crippen LogP contribution in [0, 0.1) is 0 Å². The van der Waals surface area contributed by atoms with Crippen LogP contribution in [-0.2, 0) is 4.43 Å². The summed E-state index contributed by atoms with van der Waals surface area (Å²) < 4.78 is 11.5. The van der Waals surface area contributed by atoms with Gasteiger partial charge in [0, 0.05) is 6.61 Å². The fourth-order valence-corrected chi connectivity index (χ4v) is 3.77. The average molecular weight is 264 g/mol. The summed E-state index contributed by atoms with van der Waals surface area (Å²) >= 11 is 0. The Balaban J connectivity index is 2.27. The molecule has 0 amide bonds. The molecule has 0 aliphatic carbocycles. The molecule has 0 spiro atoms. The Morgan fingerprint density at radius 2 is 1.89 bits per heavy atom. The molecule has 0 aromatic heterocycles. The molecular formula is C15H24O2Si. The Bertz CT molecular complexity index is 357. The molecule has 3 heteroatoms. The predicted molar refractivity (Wildman–Crippen MR) is 80.6 cm³/mol. The molecule has 0 saturated heterocycles. The van der Waals surface area contributed by atoms with Gasteiger partial charge in [0.25, 0.3) is 0 Å². The molecule has 0 fully saturated rings. The Labute approximate surface area is 112 Å². The lowest BCUT2D eigenvalue weighted by atomic mass is 10.2. The van der Waals surface area contributed by atoms with E-state index in [1.54, 1.807) is 0 Å². The maximum Gasteiger partial charge on any atom is 0.186 e. The van der Waals surface area contributed by atoms with Crippen molar-refractivity contribution < 1.29 is 9.16 Å². The van der Waals surface area contributed by atoms with Gasteiger partial charge in [0.1, 0.15) is 5.75 Å². The van der Waals surface area contributed by atoms with Crippen molar-refractivity contribution in [1.29, 1.82) is 0 Å². The van der Waals surface area contributed by atoms with Crippen LogP contribution in [0.2, 0.25) is 19.1 Å². The number of hydrogen-bond acceptors (Lipinski definition) is 2. The van der Waals surface area contributed by atoms with Gasteiger partial charge in [-0.2, -0.15) is 0 Å². The van der Waals surface area contributed by atoms with Crippen molar-refractivity contribution in [2.24, 2.45) is 0 Å². The first-order chi connectivity index (χ1) is 8.57. The van der Waals surface area contributed by atoms with Gasteiger partial charge < -0.3 is 9.16 Å². The van der Waals surface area contributed by atoms with Crippen LogP contribution in [-0.4, -0.2) is 21.5 Å². The fraction of sp³-hybridized carbons (Fsp3) is 0.467. The van der Waals surface area contributed by atoms with Crippen molar-refractivity contribution in [1.82, 2.24) is 0 Å². The topological polar surface area (TPSA) is 18.5 Å². The van der Waals surface area contributed by atoms with E-state index in [1.807, 2.05) is 30.3 Å². The summed E-state index contributed by atoms with van der Waals surface area (Å²) in [6.07, 6.45) is 2.89. The van der Waals surface area contributed by atoms with Gasteiger partial charge in [-0.3, -0.25) is 0 Å². The highest BCUT2D eigenvalue weighted by molar-refractivity contribution is 6.71. The van der Waals surface area contributed by atoms with Crippen LogP contribution in [0.4, 0.5) is 0 Å². The van der Waals surface area contributed by atoms with Crippen molar-refractivity contribution in [2.75, 3.05) is 13.2 Å². The molecule has 0 radical (unpaired) electrons. The molecule has 0 saturated carbocycles. The van der Waals surface area contributed by atoms with E-state index in [0.29, 0.717) is 0 Å². The highest BCUT2D eigenvalue weighted by atomic mass is 28.4. The maximum absolute atomic E-state index is 5.78. The van der Waals surface area contributed by atoms with Gasteiger partial charge in [-0.1, -0.05) is 24.8 Å². The molecule has 18 heavy (non-hydrogen) atoms. The maximum atomic E-state index is 5.78. The summed E-state index contributed by atoms with van der Waals surface area (Å²) in [5, 5.41) is 0. The Kier molecular flexibility index (Phi) is 6.16. The van der Waals surface area contributed by atoms with E-state index in [-0.39, 0.29) is 0 Å². The second-order valence-corrected chi connectivity index (χ2v) is 9.23. The largest absolute Gasteiger partial charge is 0.494 e. The number of rotatable bonds is 8. The molecule has 0 aliphatic rings. The van der Waals surface area contributed by atoms with Crippen molar-refractivity contribution in [3.05, 3.63) is 36.4 Å². The highest BCUT2D eigenvalue weighted by Gasteiger charge is 2.20. The number of benzene rings is 1. The Hall–Kier alpha value is -1.06. The van der Waals surface area contributed by atoms with Gasteiger partial charge in [0.05, 0.1) is 6.61 Å². The molecule has 0 atom stereocenters. The molecule has 1 rings (SSSR count). The normalized spacial score (nSPS) is 11.3. The van der Waals surface area contributed by atoms with Crippen LogP contribution in [0.1, 0.15) is 18.9 Å². The number of ether oxygens (including phenoxy) is 1. The SMILES string of the molecule is C=Cc1ccc(OCCC[Si](C)(C)OCC)cc1. The molecule has 0 unspecified atom stereocenters. The Morgan fingerprint density at radius 3 is 2.44 bits per heavy atom. The van der Waals surface area contributed by atoms with Gasteiger partial charge in [-0.25, -0.2) is 0 Å². The predicted octanol–water partition coefficient (Wildman–Crippen LogP) is 4.34. The lowest BCUT2D eigenvalue weighted by molar-refractivity contribution is 0.301. The second kappa shape index (κ2) is 7.39. The van der Waals surface area contributed by atoms with Crippen LogP contribution in [0.3, 0.4) is 0 Å². The van der Waals surface area contributed by atoms with E-state index in [4.69, 9.17) is 9.16 Å². The van der Waals surface area contributed by atoms with Crippen LogP contribution >= 0.6 is 0 Å². The minimum absolute atomic E-state index is 0.761. The zero-order chi connectivity index (χ0) is 13.4. The van der Waals surface area contributed by atoms with Gasteiger partial charge in [0.15, 0.2) is 8.32 Å². The minimum atomic E-state index is -1.45. The third kappa shape index (κ3) is 5.51. The molecule has 2 nitrogen and oxygen atoms in total. The minimum Gasteiger partial charge on any atom is -0.494 e. The third-order valence-electron chi connectivity index (χ3n) is 2.84. The zero-order valence-electron chi connectivity index (χ0n) is 11.7. The number of hydrogen-bond donors (Lipinski definition) is 0. The van der Waals surface area contributed by atoms with Crippen molar-refractivity contribution >= 4 is 14.4 Å². The quantitative estimate of drug-likeness (QED) is 0.513.